The molecule has 6 heteroatoms. The van der Waals surface area contributed by atoms with Gasteiger partial charge in [0.2, 0.25) is 0 Å². The molecule has 25 heavy (non-hydrogen) atoms. The van der Waals surface area contributed by atoms with E-state index >= 15 is 0 Å². The van der Waals surface area contributed by atoms with Crippen molar-refractivity contribution in [2.75, 3.05) is 20.1 Å². The number of likely N-dealkylation sites (N-methyl/N-ethyl adjacent to an activating group) is 1. The number of hydrogen-bond acceptors (Lipinski definition) is 5. The number of benzene rings is 1. The van der Waals surface area contributed by atoms with Crippen LogP contribution in [0.3, 0.4) is 0 Å². The van der Waals surface area contributed by atoms with E-state index in [2.05, 4.69) is 22.4 Å². The SMILES string of the molecule is Cc1noc(C)c1COc1cccc(C(=O)N[C@@H]2CCCN(C)C2)c1. The van der Waals surface area contributed by atoms with Crippen LogP contribution in [0, 0.1) is 13.8 Å². The van der Waals surface area contributed by atoms with Crippen LogP contribution in [0.5, 0.6) is 5.75 Å². The molecule has 6 nitrogen and oxygen atoms in total. The Morgan fingerprint density at radius 1 is 1.44 bits per heavy atom. The summed E-state index contributed by atoms with van der Waals surface area (Å²) in [5.74, 6) is 1.37. The maximum atomic E-state index is 12.5. The molecule has 134 valence electrons. The molecule has 1 amide bonds. The van der Waals surface area contributed by atoms with Crippen molar-refractivity contribution in [2.24, 2.45) is 0 Å². The Morgan fingerprint density at radius 2 is 2.28 bits per heavy atom. The second-order valence-corrected chi connectivity index (χ2v) is 6.69. The molecule has 1 atom stereocenters. The molecule has 1 aliphatic heterocycles. The first-order chi connectivity index (χ1) is 12.0. The second-order valence-electron chi connectivity index (χ2n) is 6.69. The van der Waals surface area contributed by atoms with Crippen molar-refractivity contribution in [3.63, 3.8) is 0 Å². The highest BCUT2D eigenvalue weighted by molar-refractivity contribution is 5.94. The van der Waals surface area contributed by atoms with Gasteiger partial charge in [-0.1, -0.05) is 11.2 Å². The van der Waals surface area contributed by atoms with Crippen LogP contribution in [0.4, 0.5) is 0 Å². The van der Waals surface area contributed by atoms with E-state index in [0.29, 0.717) is 17.9 Å². The molecule has 0 spiro atoms. The quantitative estimate of drug-likeness (QED) is 0.904. The monoisotopic (exact) mass is 343 g/mol. The zero-order valence-electron chi connectivity index (χ0n) is 15.0. The number of hydrogen-bond donors (Lipinski definition) is 1. The van der Waals surface area contributed by atoms with Crippen LogP contribution in [0.25, 0.3) is 0 Å². The first kappa shape index (κ1) is 17.5. The summed E-state index contributed by atoms with van der Waals surface area (Å²) in [6.45, 7) is 6.12. The topological polar surface area (TPSA) is 67.6 Å². The lowest BCUT2D eigenvalue weighted by molar-refractivity contribution is 0.0912. The van der Waals surface area contributed by atoms with Gasteiger partial charge in [-0.2, -0.15) is 0 Å². The lowest BCUT2D eigenvalue weighted by Crippen LogP contribution is -2.46. The minimum absolute atomic E-state index is 0.0527. The van der Waals surface area contributed by atoms with Gasteiger partial charge in [-0.15, -0.1) is 0 Å². The van der Waals surface area contributed by atoms with Crippen molar-refractivity contribution in [3.05, 3.63) is 46.8 Å². The van der Waals surface area contributed by atoms with E-state index in [-0.39, 0.29) is 11.9 Å². The molecule has 1 aromatic heterocycles. The molecule has 0 radical (unpaired) electrons. The van der Waals surface area contributed by atoms with E-state index in [1.54, 1.807) is 6.07 Å². The molecule has 1 N–H and O–H groups in total. The van der Waals surface area contributed by atoms with Gasteiger partial charge in [0.1, 0.15) is 18.1 Å². The maximum Gasteiger partial charge on any atom is 0.251 e. The van der Waals surface area contributed by atoms with Gasteiger partial charge in [0.05, 0.1) is 11.3 Å². The molecule has 2 aromatic rings. The highest BCUT2D eigenvalue weighted by atomic mass is 16.5. The molecule has 3 rings (SSSR count). The Morgan fingerprint density at radius 3 is 3.00 bits per heavy atom. The lowest BCUT2D eigenvalue weighted by Gasteiger charge is -2.30. The molecule has 1 fully saturated rings. The first-order valence-electron chi connectivity index (χ1n) is 8.67. The molecular formula is C19H25N3O3. The minimum atomic E-state index is -0.0527. The third-order valence-electron chi connectivity index (χ3n) is 4.62. The molecule has 1 aliphatic rings. The number of likely N-dealkylation sites (tertiary alicyclic amines) is 1. The minimum Gasteiger partial charge on any atom is -0.489 e. The van der Waals surface area contributed by atoms with Gasteiger partial charge in [-0.25, -0.2) is 0 Å². The molecule has 1 aromatic carbocycles. The number of ether oxygens (including phenoxy) is 1. The fourth-order valence-corrected chi connectivity index (χ4v) is 3.14. The number of carbonyl (C=O) groups is 1. The zero-order valence-corrected chi connectivity index (χ0v) is 15.0. The Labute approximate surface area is 148 Å². The largest absolute Gasteiger partial charge is 0.489 e. The normalized spacial score (nSPS) is 18.1. The standard InChI is InChI=1S/C19H25N3O3/c1-13-18(14(2)25-21-13)12-24-17-8-4-6-15(10-17)19(23)20-16-7-5-9-22(3)11-16/h4,6,8,10,16H,5,7,9,11-12H2,1-3H3,(H,20,23)/t16-/m1/s1. The summed E-state index contributed by atoms with van der Waals surface area (Å²) in [5.41, 5.74) is 2.39. The summed E-state index contributed by atoms with van der Waals surface area (Å²) < 4.78 is 11.0. The van der Waals surface area contributed by atoms with Crippen LogP contribution >= 0.6 is 0 Å². The molecule has 0 saturated carbocycles. The number of rotatable bonds is 5. The predicted octanol–water partition coefficient (Wildman–Crippen LogP) is 2.69. The second kappa shape index (κ2) is 7.70. The Kier molecular flexibility index (Phi) is 5.38. The van der Waals surface area contributed by atoms with Crippen molar-refractivity contribution in [2.45, 2.75) is 39.3 Å². The summed E-state index contributed by atoms with van der Waals surface area (Å²) >= 11 is 0. The zero-order chi connectivity index (χ0) is 17.8. The van der Waals surface area contributed by atoms with E-state index in [0.717, 1.165) is 42.9 Å². The number of nitrogens with zero attached hydrogens (tertiary/aromatic N) is 2. The third kappa shape index (κ3) is 4.39. The predicted molar refractivity (Wildman–Crippen MR) is 94.7 cm³/mol. The van der Waals surface area contributed by atoms with E-state index in [1.807, 2.05) is 32.0 Å². The summed E-state index contributed by atoms with van der Waals surface area (Å²) in [6.07, 6.45) is 2.14. The van der Waals surface area contributed by atoms with E-state index < -0.39 is 0 Å². The van der Waals surface area contributed by atoms with Crippen LogP contribution in [0.1, 0.15) is 40.2 Å². The van der Waals surface area contributed by atoms with Crippen molar-refractivity contribution in [1.82, 2.24) is 15.4 Å². The average Bonchev–Trinajstić information content (AvgIpc) is 2.91. The number of aryl methyl sites for hydroxylation is 2. The van der Waals surface area contributed by atoms with Crippen molar-refractivity contribution >= 4 is 5.91 Å². The van der Waals surface area contributed by atoms with E-state index in [9.17, 15) is 4.79 Å². The number of piperidine rings is 1. The summed E-state index contributed by atoms with van der Waals surface area (Å²) in [5, 5.41) is 7.04. The van der Waals surface area contributed by atoms with Crippen LogP contribution in [-0.4, -0.2) is 42.1 Å². The average molecular weight is 343 g/mol. The van der Waals surface area contributed by atoms with Crippen LogP contribution in [0.2, 0.25) is 0 Å². The van der Waals surface area contributed by atoms with Gasteiger partial charge < -0.3 is 19.5 Å². The number of carbonyl (C=O) groups excluding carboxylic acids is 1. The van der Waals surface area contributed by atoms with Crippen LogP contribution in [0.15, 0.2) is 28.8 Å². The number of nitrogens with one attached hydrogen (secondary N) is 1. The van der Waals surface area contributed by atoms with Gasteiger partial charge in [0.25, 0.3) is 5.91 Å². The lowest BCUT2D eigenvalue weighted by atomic mass is 10.1. The van der Waals surface area contributed by atoms with Gasteiger partial charge >= 0.3 is 0 Å². The summed E-state index contributed by atoms with van der Waals surface area (Å²) in [4.78, 5) is 14.8. The van der Waals surface area contributed by atoms with Crippen LogP contribution < -0.4 is 10.1 Å². The molecule has 0 unspecified atom stereocenters. The molecule has 0 aliphatic carbocycles. The fourth-order valence-electron chi connectivity index (χ4n) is 3.14. The van der Waals surface area contributed by atoms with E-state index in [4.69, 9.17) is 9.26 Å². The van der Waals surface area contributed by atoms with Gasteiger partial charge in [0.15, 0.2) is 0 Å². The maximum absolute atomic E-state index is 12.5. The summed E-state index contributed by atoms with van der Waals surface area (Å²) in [6, 6.07) is 7.48. The molecule has 1 saturated heterocycles. The highest BCUT2D eigenvalue weighted by Gasteiger charge is 2.19. The Balaban J connectivity index is 1.61. The summed E-state index contributed by atoms with van der Waals surface area (Å²) in [7, 11) is 2.08. The number of aromatic nitrogens is 1. The van der Waals surface area contributed by atoms with Gasteiger partial charge in [-0.05, 0) is 58.5 Å². The smallest absolute Gasteiger partial charge is 0.251 e. The van der Waals surface area contributed by atoms with Gasteiger partial charge in [-0.3, -0.25) is 4.79 Å². The Bertz CT molecular complexity index is 722. The Hall–Kier alpha value is -2.34. The van der Waals surface area contributed by atoms with Crippen molar-refractivity contribution in [1.29, 1.82) is 0 Å². The fraction of sp³-hybridized carbons (Fsp3) is 0.474. The van der Waals surface area contributed by atoms with Crippen molar-refractivity contribution in [3.8, 4) is 5.75 Å². The molecule has 2 heterocycles. The van der Waals surface area contributed by atoms with Crippen LogP contribution in [-0.2, 0) is 6.61 Å². The molecule has 0 bridgehead atoms. The van der Waals surface area contributed by atoms with Crippen molar-refractivity contribution < 1.29 is 14.1 Å². The van der Waals surface area contributed by atoms with Gasteiger partial charge in [0, 0.05) is 18.2 Å². The third-order valence-corrected chi connectivity index (χ3v) is 4.62. The number of amides is 1. The first-order valence-corrected chi connectivity index (χ1v) is 8.67. The molecular weight excluding hydrogens is 318 g/mol. The van der Waals surface area contributed by atoms with E-state index in [1.165, 1.54) is 0 Å². The highest BCUT2D eigenvalue weighted by Crippen LogP contribution is 2.19.